The van der Waals surface area contributed by atoms with Crippen LogP contribution in [0.15, 0.2) is 18.2 Å². The number of likely N-dealkylation sites (tertiary alicyclic amines) is 1. The van der Waals surface area contributed by atoms with Gasteiger partial charge in [0.2, 0.25) is 0 Å². The fourth-order valence-corrected chi connectivity index (χ4v) is 2.83. The molecule has 0 unspecified atom stereocenters. The molecule has 1 aromatic carbocycles. The largest absolute Gasteiger partial charge is 0.508 e. The molecule has 6 heteroatoms. The van der Waals surface area contributed by atoms with E-state index in [-0.39, 0.29) is 17.8 Å². The fraction of sp³-hybridized carbons (Fsp3) is 0.556. The number of nitrogens with zero attached hydrogens (tertiary/aromatic N) is 1. The number of hydrogen-bond donors (Lipinski definition) is 1. The van der Waals surface area contributed by atoms with Crippen LogP contribution in [-0.4, -0.2) is 47.9 Å². The highest BCUT2D eigenvalue weighted by Gasteiger charge is 2.28. The van der Waals surface area contributed by atoms with Crippen LogP contribution in [0, 0.1) is 0 Å². The van der Waals surface area contributed by atoms with Crippen molar-refractivity contribution in [1.82, 2.24) is 4.90 Å². The Kier molecular flexibility index (Phi) is 5.36. The maximum atomic E-state index is 12.1. The minimum atomic E-state index is -0.505. The number of carbonyl (C=O) groups is 2. The van der Waals surface area contributed by atoms with Gasteiger partial charge in [0.15, 0.2) is 0 Å². The Morgan fingerprint density at radius 3 is 2.33 bits per heavy atom. The van der Waals surface area contributed by atoms with E-state index in [9.17, 15) is 14.7 Å². The first-order valence-electron chi connectivity index (χ1n) is 8.10. The van der Waals surface area contributed by atoms with Gasteiger partial charge in [-0.25, -0.2) is 9.59 Å². The first-order valence-corrected chi connectivity index (χ1v) is 8.10. The van der Waals surface area contributed by atoms with Crippen molar-refractivity contribution < 1.29 is 24.2 Å². The van der Waals surface area contributed by atoms with Gasteiger partial charge in [-0.2, -0.15) is 0 Å². The molecule has 0 aromatic heterocycles. The lowest BCUT2D eigenvalue weighted by Crippen LogP contribution is -2.41. The number of hydrogen-bond acceptors (Lipinski definition) is 5. The third-order valence-corrected chi connectivity index (χ3v) is 3.98. The summed E-state index contributed by atoms with van der Waals surface area (Å²) in [5, 5.41) is 9.84. The predicted molar refractivity (Wildman–Crippen MR) is 89.2 cm³/mol. The molecule has 1 aliphatic heterocycles. The predicted octanol–water partition coefficient (Wildman–Crippen LogP) is 3.29. The van der Waals surface area contributed by atoms with Crippen molar-refractivity contribution in [3.8, 4) is 5.75 Å². The number of phenols is 1. The van der Waals surface area contributed by atoms with Crippen molar-refractivity contribution >= 4 is 12.1 Å². The summed E-state index contributed by atoms with van der Waals surface area (Å²) < 4.78 is 10.1. The summed E-state index contributed by atoms with van der Waals surface area (Å²) in [5.74, 6) is -0.250. The Morgan fingerprint density at radius 2 is 1.79 bits per heavy atom. The average molecular weight is 335 g/mol. The molecule has 0 bridgehead atoms. The van der Waals surface area contributed by atoms with Crippen LogP contribution in [0.3, 0.4) is 0 Å². The zero-order chi connectivity index (χ0) is 17.9. The zero-order valence-corrected chi connectivity index (χ0v) is 14.7. The Morgan fingerprint density at radius 1 is 1.17 bits per heavy atom. The molecule has 1 saturated heterocycles. The van der Waals surface area contributed by atoms with E-state index in [2.05, 4.69) is 0 Å². The first-order chi connectivity index (χ1) is 11.2. The molecular weight excluding hydrogens is 310 g/mol. The Labute approximate surface area is 142 Å². The SMILES string of the molecule is COC(=O)c1cc(O)cc(C2CCN(C(=O)OC(C)(C)C)CC2)c1. The molecule has 6 nitrogen and oxygen atoms in total. The van der Waals surface area contributed by atoms with E-state index >= 15 is 0 Å². The summed E-state index contributed by atoms with van der Waals surface area (Å²) in [6.45, 7) is 6.71. The van der Waals surface area contributed by atoms with Gasteiger partial charge in [0.05, 0.1) is 12.7 Å². The lowest BCUT2D eigenvalue weighted by Gasteiger charge is -2.33. The number of rotatable bonds is 2. The lowest BCUT2D eigenvalue weighted by molar-refractivity contribution is 0.0204. The van der Waals surface area contributed by atoms with Crippen LogP contribution in [-0.2, 0) is 9.47 Å². The number of benzene rings is 1. The van der Waals surface area contributed by atoms with Crippen molar-refractivity contribution in [3.05, 3.63) is 29.3 Å². The number of esters is 1. The molecule has 1 fully saturated rings. The van der Waals surface area contributed by atoms with Crippen LogP contribution in [0.4, 0.5) is 4.79 Å². The highest BCUT2D eigenvalue weighted by Crippen LogP contribution is 2.31. The third kappa shape index (κ3) is 4.63. The first kappa shape index (κ1) is 18.1. The molecule has 0 aliphatic carbocycles. The van der Waals surface area contributed by atoms with E-state index < -0.39 is 11.6 Å². The lowest BCUT2D eigenvalue weighted by atomic mass is 9.88. The second-order valence-electron chi connectivity index (χ2n) is 7.05. The topological polar surface area (TPSA) is 76.1 Å². The zero-order valence-electron chi connectivity index (χ0n) is 14.7. The van der Waals surface area contributed by atoms with E-state index in [0.29, 0.717) is 18.7 Å². The number of carbonyl (C=O) groups excluding carboxylic acids is 2. The molecule has 1 amide bonds. The van der Waals surface area contributed by atoms with Gasteiger partial charge in [-0.3, -0.25) is 0 Å². The van der Waals surface area contributed by atoms with E-state index in [1.807, 2.05) is 20.8 Å². The summed E-state index contributed by atoms with van der Waals surface area (Å²) >= 11 is 0. The maximum Gasteiger partial charge on any atom is 0.410 e. The van der Waals surface area contributed by atoms with Gasteiger partial charge in [0, 0.05) is 13.1 Å². The van der Waals surface area contributed by atoms with Crippen LogP contribution in [0.5, 0.6) is 5.75 Å². The van der Waals surface area contributed by atoms with E-state index in [1.165, 1.54) is 13.2 Å². The van der Waals surface area contributed by atoms with Gasteiger partial charge < -0.3 is 19.5 Å². The molecule has 1 aliphatic rings. The Bertz CT molecular complexity index is 612. The van der Waals surface area contributed by atoms with Gasteiger partial charge in [0.1, 0.15) is 11.4 Å². The van der Waals surface area contributed by atoms with E-state index in [1.54, 1.807) is 17.0 Å². The van der Waals surface area contributed by atoms with Gasteiger partial charge in [-0.15, -0.1) is 0 Å². The number of aromatic hydroxyl groups is 1. The molecule has 2 rings (SSSR count). The minimum Gasteiger partial charge on any atom is -0.508 e. The molecule has 0 radical (unpaired) electrons. The standard InChI is InChI=1S/C18H25NO5/c1-18(2,3)24-17(22)19-7-5-12(6-8-19)13-9-14(16(21)23-4)11-15(20)10-13/h9-12,20H,5-8H2,1-4H3. The summed E-state index contributed by atoms with van der Waals surface area (Å²) in [5.41, 5.74) is 0.718. The molecular formula is C18H25NO5. The highest BCUT2D eigenvalue weighted by atomic mass is 16.6. The van der Waals surface area contributed by atoms with Gasteiger partial charge in [0.25, 0.3) is 0 Å². The number of piperidine rings is 1. The highest BCUT2D eigenvalue weighted by molar-refractivity contribution is 5.90. The van der Waals surface area contributed by atoms with Gasteiger partial charge in [-0.1, -0.05) is 0 Å². The van der Waals surface area contributed by atoms with Crippen LogP contribution in [0.25, 0.3) is 0 Å². The molecule has 0 spiro atoms. The Hall–Kier alpha value is -2.24. The van der Waals surface area contributed by atoms with Crippen LogP contribution in [0.2, 0.25) is 0 Å². The van der Waals surface area contributed by atoms with Gasteiger partial charge in [-0.05, 0) is 63.3 Å². The quantitative estimate of drug-likeness (QED) is 0.839. The summed E-state index contributed by atoms with van der Waals surface area (Å²) in [4.78, 5) is 25.5. The van der Waals surface area contributed by atoms with Crippen LogP contribution < -0.4 is 0 Å². The van der Waals surface area contributed by atoms with Crippen molar-refractivity contribution in [2.45, 2.75) is 45.1 Å². The second kappa shape index (κ2) is 7.11. The van der Waals surface area contributed by atoms with Crippen LogP contribution in [0.1, 0.15) is 55.5 Å². The van der Waals surface area contributed by atoms with E-state index in [4.69, 9.17) is 9.47 Å². The Balaban J connectivity index is 2.03. The van der Waals surface area contributed by atoms with Crippen molar-refractivity contribution in [1.29, 1.82) is 0 Å². The number of amides is 1. The second-order valence-corrected chi connectivity index (χ2v) is 7.05. The molecule has 132 valence electrons. The number of ether oxygens (including phenoxy) is 2. The number of methoxy groups -OCH3 is 1. The molecule has 24 heavy (non-hydrogen) atoms. The van der Waals surface area contributed by atoms with Crippen molar-refractivity contribution in [2.24, 2.45) is 0 Å². The third-order valence-electron chi connectivity index (χ3n) is 3.98. The molecule has 0 saturated carbocycles. The van der Waals surface area contributed by atoms with Crippen molar-refractivity contribution in [2.75, 3.05) is 20.2 Å². The molecule has 1 aromatic rings. The van der Waals surface area contributed by atoms with E-state index in [0.717, 1.165) is 18.4 Å². The molecule has 1 N–H and O–H groups in total. The summed E-state index contributed by atoms with van der Waals surface area (Å²) in [7, 11) is 1.31. The fourth-order valence-electron chi connectivity index (χ4n) is 2.83. The van der Waals surface area contributed by atoms with Gasteiger partial charge >= 0.3 is 12.1 Å². The minimum absolute atomic E-state index is 0.0440. The van der Waals surface area contributed by atoms with Crippen LogP contribution >= 0.6 is 0 Å². The molecule has 1 heterocycles. The smallest absolute Gasteiger partial charge is 0.410 e. The maximum absolute atomic E-state index is 12.1. The number of phenolic OH excluding ortho intramolecular Hbond substituents is 1. The summed E-state index contributed by atoms with van der Waals surface area (Å²) in [6.07, 6.45) is 1.21. The molecule has 0 atom stereocenters. The normalized spacial score (nSPS) is 15.9. The van der Waals surface area contributed by atoms with Crippen molar-refractivity contribution in [3.63, 3.8) is 0 Å². The average Bonchev–Trinajstić information content (AvgIpc) is 2.52. The monoisotopic (exact) mass is 335 g/mol. The summed E-state index contributed by atoms with van der Waals surface area (Å²) in [6, 6.07) is 4.81.